The van der Waals surface area contributed by atoms with Crippen molar-refractivity contribution < 1.29 is 13.2 Å². The summed E-state index contributed by atoms with van der Waals surface area (Å²) in [6.45, 7) is 4.22. The first-order chi connectivity index (χ1) is 10.5. The minimum atomic E-state index is -2.98. The van der Waals surface area contributed by atoms with Gasteiger partial charge in [-0.15, -0.1) is 17.9 Å². The molecule has 0 aliphatic carbocycles. The second kappa shape index (κ2) is 6.17. The van der Waals surface area contributed by atoms with Gasteiger partial charge in [0, 0.05) is 16.7 Å². The molecule has 2 aliphatic rings. The number of carbonyl (C=O) groups is 1. The smallest absolute Gasteiger partial charge is 0.253 e. The van der Waals surface area contributed by atoms with Crippen LogP contribution in [0.15, 0.2) is 35.2 Å². The van der Waals surface area contributed by atoms with E-state index >= 15 is 0 Å². The number of amides is 1. The maximum atomic E-state index is 12.1. The number of rotatable bonds is 4. The molecular weight excluding hydrogens is 340 g/mol. The third-order valence-electron chi connectivity index (χ3n) is 3.63. The molecule has 2 fully saturated rings. The average Bonchev–Trinajstić information content (AvgIpc) is 3.08. The number of hydrogen-bond acceptors (Lipinski definition) is 5. The van der Waals surface area contributed by atoms with Crippen molar-refractivity contribution in [1.82, 2.24) is 4.90 Å². The molecule has 8 heteroatoms. The first-order valence-electron chi connectivity index (χ1n) is 6.87. The summed E-state index contributed by atoms with van der Waals surface area (Å²) >= 11 is 2.93. The molecule has 0 aromatic carbocycles. The van der Waals surface area contributed by atoms with E-state index in [9.17, 15) is 13.2 Å². The Hall–Kier alpha value is -1.12. The molecule has 0 radical (unpaired) electrons. The van der Waals surface area contributed by atoms with E-state index in [-0.39, 0.29) is 35.1 Å². The molecule has 1 aromatic heterocycles. The van der Waals surface area contributed by atoms with Crippen LogP contribution < -0.4 is 0 Å². The van der Waals surface area contributed by atoms with Crippen molar-refractivity contribution in [2.24, 2.45) is 4.99 Å². The van der Waals surface area contributed by atoms with Crippen LogP contribution in [0.2, 0.25) is 0 Å². The molecule has 5 nitrogen and oxygen atoms in total. The predicted octanol–water partition coefficient (Wildman–Crippen LogP) is 1.57. The quantitative estimate of drug-likeness (QED) is 0.766. The lowest BCUT2D eigenvalue weighted by atomic mass is 10.2. The zero-order chi connectivity index (χ0) is 15.7. The van der Waals surface area contributed by atoms with Crippen LogP contribution in [0.3, 0.4) is 0 Å². The van der Waals surface area contributed by atoms with E-state index in [0.717, 1.165) is 4.88 Å². The van der Waals surface area contributed by atoms with Crippen LogP contribution in [0.5, 0.6) is 0 Å². The largest absolute Gasteiger partial charge is 0.342 e. The summed E-state index contributed by atoms with van der Waals surface area (Å²) in [5.41, 5.74) is 0. The Morgan fingerprint density at radius 1 is 1.50 bits per heavy atom. The highest BCUT2D eigenvalue weighted by molar-refractivity contribution is 8.15. The van der Waals surface area contributed by atoms with Crippen molar-refractivity contribution in [2.75, 3.05) is 18.1 Å². The maximum absolute atomic E-state index is 12.1. The zero-order valence-corrected chi connectivity index (χ0v) is 14.3. The number of nitrogens with zero attached hydrogens (tertiary/aromatic N) is 2. The van der Waals surface area contributed by atoms with Crippen molar-refractivity contribution >= 4 is 44.0 Å². The Morgan fingerprint density at radius 3 is 3.00 bits per heavy atom. The number of thioether (sulfide) groups is 1. The van der Waals surface area contributed by atoms with Gasteiger partial charge in [0.25, 0.3) is 5.91 Å². The van der Waals surface area contributed by atoms with Gasteiger partial charge in [-0.05, 0) is 11.4 Å². The lowest BCUT2D eigenvalue weighted by Gasteiger charge is -2.22. The standard InChI is InChI=1S/C14H16N2O3S3/c1-2-5-16-11-8-22(18,19)9-12(11)21-14(16)15-13(17)7-10-4-3-6-20-10/h2-4,6,11-12H,1,5,7-9H2/t11-,12-/m0/s1. The lowest BCUT2D eigenvalue weighted by molar-refractivity contribution is -0.117. The topological polar surface area (TPSA) is 66.8 Å². The first kappa shape index (κ1) is 15.8. The summed E-state index contributed by atoms with van der Waals surface area (Å²) in [6.07, 6.45) is 2.00. The summed E-state index contributed by atoms with van der Waals surface area (Å²) in [4.78, 5) is 19.2. The van der Waals surface area contributed by atoms with Crippen LogP contribution in [-0.4, -0.2) is 53.7 Å². The highest BCUT2D eigenvalue weighted by Gasteiger charge is 2.48. The number of carbonyl (C=O) groups excluding carboxylic acids is 1. The van der Waals surface area contributed by atoms with Gasteiger partial charge in [-0.25, -0.2) is 8.42 Å². The fourth-order valence-corrected chi connectivity index (χ4v) is 7.37. The van der Waals surface area contributed by atoms with E-state index in [4.69, 9.17) is 0 Å². The van der Waals surface area contributed by atoms with Gasteiger partial charge in [0.1, 0.15) is 0 Å². The Morgan fingerprint density at radius 2 is 2.32 bits per heavy atom. The molecule has 0 bridgehead atoms. The van der Waals surface area contributed by atoms with Crippen LogP contribution in [0.25, 0.3) is 0 Å². The average molecular weight is 356 g/mol. The molecule has 1 aromatic rings. The van der Waals surface area contributed by atoms with Crippen LogP contribution in [0.4, 0.5) is 0 Å². The minimum absolute atomic E-state index is 0.0294. The van der Waals surface area contributed by atoms with E-state index in [1.807, 2.05) is 22.4 Å². The van der Waals surface area contributed by atoms with E-state index in [2.05, 4.69) is 11.6 Å². The fraction of sp³-hybridized carbons (Fsp3) is 0.429. The summed E-state index contributed by atoms with van der Waals surface area (Å²) in [5, 5.41) is 2.53. The maximum Gasteiger partial charge on any atom is 0.253 e. The lowest BCUT2D eigenvalue weighted by Crippen LogP contribution is -2.37. The molecule has 3 heterocycles. The van der Waals surface area contributed by atoms with Crippen molar-refractivity contribution in [2.45, 2.75) is 17.7 Å². The second-order valence-electron chi connectivity index (χ2n) is 5.29. The zero-order valence-electron chi connectivity index (χ0n) is 11.8. The van der Waals surface area contributed by atoms with Crippen molar-refractivity contribution in [3.63, 3.8) is 0 Å². The van der Waals surface area contributed by atoms with E-state index in [0.29, 0.717) is 11.7 Å². The Balaban J connectivity index is 1.77. The van der Waals surface area contributed by atoms with Gasteiger partial charge >= 0.3 is 0 Å². The molecular formula is C14H16N2O3S3. The van der Waals surface area contributed by atoms with Crippen LogP contribution in [-0.2, 0) is 21.1 Å². The molecule has 118 valence electrons. The van der Waals surface area contributed by atoms with E-state index in [1.165, 1.54) is 23.1 Å². The molecule has 0 N–H and O–H groups in total. The normalized spacial score (nSPS) is 28.0. The fourth-order valence-electron chi connectivity index (χ4n) is 2.70. The van der Waals surface area contributed by atoms with Crippen molar-refractivity contribution in [1.29, 1.82) is 0 Å². The Labute approximate surface area is 138 Å². The summed E-state index contributed by atoms with van der Waals surface area (Å²) < 4.78 is 23.5. The number of aliphatic imine (C=N–C) groups is 1. The highest BCUT2D eigenvalue weighted by Crippen LogP contribution is 2.38. The number of hydrogen-bond donors (Lipinski definition) is 0. The highest BCUT2D eigenvalue weighted by atomic mass is 32.2. The summed E-state index contributed by atoms with van der Waals surface area (Å²) in [6, 6.07) is 3.72. The SMILES string of the molecule is C=CCN1C(=NC(=O)Cc2cccs2)S[C@H]2CS(=O)(=O)C[C@@H]21. The van der Waals surface area contributed by atoms with Gasteiger partial charge in [0.05, 0.1) is 24.0 Å². The van der Waals surface area contributed by atoms with Gasteiger partial charge in [0.15, 0.2) is 15.0 Å². The molecule has 2 atom stereocenters. The molecule has 0 unspecified atom stereocenters. The Kier molecular flexibility index (Phi) is 4.42. The second-order valence-corrected chi connectivity index (χ2v) is 9.68. The molecule has 0 spiro atoms. The molecule has 0 saturated carbocycles. The summed E-state index contributed by atoms with van der Waals surface area (Å²) in [7, 11) is -2.98. The molecule has 2 aliphatic heterocycles. The van der Waals surface area contributed by atoms with Gasteiger partial charge in [-0.1, -0.05) is 23.9 Å². The first-order valence-corrected chi connectivity index (χ1v) is 10.4. The minimum Gasteiger partial charge on any atom is -0.342 e. The molecule has 22 heavy (non-hydrogen) atoms. The monoisotopic (exact) mass is 356 g/mol. The van der Waals surface area contributed by atoms with Gasteiger partial charge in [0.2, 0.25) is 0 Å². The Bertz CT molecular complexity index is 710. The number of amidine groups is 1. The van der Waals surface area contributed by atoms with E-state index in [1.54, 1.807) is 6.08 Å². The van der Waals surface area contributed by atoms with Crippen molar-refractivity contribution in [3.8, 4) is 0 Å². The number of sulfone groups is 1. The summed E-state index contributed by atoms with van der Waals surface area (Å²) in [5.74, 6) is 0.104. The van der Waals surface area contributed by atoms with Gasteiger partial charge < -0.3 is 4.90 Å². The number of thiophene rings is 1. The van der Waals surface area contributed by atoms with Crippen LogP contribution >= 0.6 is 23.1 Å². The van der Waals surface area contributed by atoms with Gasteiger partial charge in [-0.3, -0.25) is 4.79 Å². The predicted molar refractivity (Wildman–Crippen MR) is 91.2 cm³/mol. The molecule has 1 amide bonds. The number of fused-ring (bicyclic) bond motifs is 1. The van der Waals surface area contributed by atoms with Crippen LogP contribution in [0, 0.1) is 0 Å². The van der Waals surface area contributed by atoms with Gasteiger partial charge in [-0.2, -0.15) is 4.99 Å². The third kappa shape index (κ3) is 3.28. The van der Waals surface area contributed by atoms with Crippen molar-refractivity contribution in [3.05, 3.63) is 35.0 Å². The molecule has 3 rings (SSSR count). The third-order valence-corrected chi connectivity index (χ3v) is 7.75. The van der Waals surface area contributed by atoms with E-state index < -0.39 is 9.84 Å². The molecule has 2 saturated heterocycles. The van der Waals surface area contributed by atoms with Crippen LogP contribution in [0.1, 0.15) is 4.88 Å².